The topological polar surface area (TPSA) is 69.2 Å². The zero-order valence-electron chi connectivity index (χ0n) is 9.26. The minimum atomic E-state index is -5.78. The quantitative estimate of drug-likeness (QED) is 0.776. The number of rotatable bonds is 1. The summed E-state index contributed by atoms with van der Waals surface area (Å²) in [4.78, 5) is 11.5. The van der Waals surface area contributed by atoms with Gasteiger partial charge in [0.1, 0.15) is 5.69 Å². The lowest BCUT2D eigenvalue weighted by atomic mass is 10.0. The highest BCUT2D eigenvalue weighted by atomic mass is 19.4. The van der Waals surface area contributed by atoms with Gasteiger partial charge in [-0.2, -0.15) is 27.1 Å². The van der Waals surface area contributed by atoms with Gasteiger partial charge in [0, 0.05) is 24.2 Å². The predicted octanol–water partition coefficient (Wildman–Crippen LogP) is 2.10. The highest BCUT2D eigenvalue weighted by Gasteiger charge is 2.61. The number of carbonyl (C=O) groups is 1. The molecular weight excluding hydrogens is 277 g/mol. The lowest BCUT2D eigenvalue weighted by Crippen LogP contribution is -2.38. The fourth-order valence-electron chi connectivity index (χ4n) is 1.85. The van der Waals surface area contributed by atoms with E-state index in [1.165, 1.54) is 0 Å². The summed E-state index contributed by atoms with van der Waals surface area (Å²) in [6.07, 6.45) is -7.14. The van der Waals surface area contributed by atoms with Gasteiger partial charge in [-0.15, -0.1) is 0 Å². The number of alkyl halides is 5. The standard InChI is InChI=1S/C9H8F5N3O2/c10-8(11,9(12,13)14)6-4-3-17(7(18)19)2-1-5(4)15-16-6/h1-3H2,(H,15,16)(H,18,19). The van der Waals surface area contributed by atoms with E-state index in [0.29, 0.717) is 0 Å². The molecule has 5 nitrogen and oxygen atoms in total. The molecule has 0 unspecified atom stereocenters. The van der Waals surface area contributed by atoms with E-state index in [9.17, 15) is 26.7 Å². The summed E-state index contributed by atoms with van der Waals surface area (Å²) in [7, 11) is 0. The van der Waals surface area contributed by atoms with Gasteiger partial charge < -0.3 is 10.0 Å². The van der Waals surface area contributed by atoms with Gasteiger partial charge in [-0.25, -0.2) is 4.79 Å². The van der Waals surface area contributed by atoms with Crippen molar-refractivity contribution in [2.45, 2.75) is 25.1 Å². The second kappa shape index (κ2) is 4.07. The third kappa shape index (κ3) is 2.10. The molecule has 0 spiro atoms. The number of nitrogens with one attached hydrogen (secondary N) is 1. The molecule has 0 bridgehead atoms. The monoisotopic (exact) mass is 285 g/mol. The van der Waals surface area contributed by atoms with Crippen LogP contribution >= 0.6 is 0 Å². The van der Waals surface area contributed by atoms with Gasteiger partial charge in [-0.3, -0.25) is 5.10 Å². The molecular formula is C9H8F5N3O2. The van der Waals surface area contributed by atoms with Gasteiger partial charge in [0.05, 0.1) is 6.54 Å². The van der Waals surface area contributed by atoms with Crippen molar-refractivity contribution in [2.24, 2.45) is 0 Å². The Hall–Kier alpha value is -1.87. The number of hydrogen-bond donors (Lipinski definition) is 2. The zero-order valence-corrected chi connectivity index (χ0v) is 9.26. The molecule has 2 rings (SSSR count). The van der Waals surface area contributed by atoms with Crippen molar-refractivity contribution in [1.29, 1.82) is 0 Å². The summed E-state index contributed by atoms with van der Waals surface area (Å²) < 4.78 is 63.3. The van der Waals surface area contributed by atoms with E-state index in [1.54, 1.807) is 0 Å². The van der Waals surface area contributed by atoms with Crippen molar-refractivity contribution in [3.05, 3.63) is 17.0 Å². The predicted molar refractivity (Wildman–Crippen MR) is 50.7 cm³/mol. The van der Waals surface area contributed by atoms with E-state index >= 15 is 0 Å². The molecule has 10 heteroatoms. The number of aromatic amines is 1. The molecule has 2 heterocycles. The molecule has 0 aromatic carbocycles. The molecule has 106 valence electrons. The average molecular weight is 285 g/mol. The summed E-state index contributed by atoms with van der Waals surface area (Å²) in [5, 5.41) is 13.9. The van der Waals surface area contributed by atoms with E-state index in [2.05, 4.69) is 10.2 Å². The molecule has 0 atom stereocenters. The normalized spacial score (nSPS) is 16.4. The highest BCUT2D eigenvalue weighted by Crippen LogP contribution is 2.45. The summed E-state index contributed by atoms with van der Waals surface area (Å²) in [5.41, 5.74) is -1.76. The van der Waals surface area contributed by atoms with Gasteiger partial charge in [-0.1, -0.05) is 0 Å². The van der Waals surface area contributed by atoms with Gasteiger partial charge in [0.2, 0.25) is 0 Å². The van der Waals surface area contributed by atoms with Crippen molar-refractivity contribution in [1.82, 2.24) is 15.1 Å². The molecule has 0 saturated heterocycles. The van der Waals surface area contributed by atoms with Gasteiger partial charge in [0.15, 0.2) is 0 Å². The van der Waals surface area contributed by atoms with Crippen LogP contribution in [0.3, 0.4) is 0 Å². The first-order valence-corrected chi connectivity index (χ1v) is 5.13. The number of halogens is 5. The highest BCUT2D eigenvalue weighted by molar-refractivity contribution is 5.65. The third-order valence-electron chi connectivity index (χ3n) is 2.86. The van der Waals surface area contributed by atoms with Crippen molar-refractivity contribution in [3.8, 4) is 0 Å². The molecule has 0 radical (unpaired) electrons. The maximum atomic E-state index is 13.2. The number of aromatic nitrogens is 2. The van der Waals surface area contributed by atoms with E-state index in [-0.39, 0.29) is 18.7 Å². The van der Waals surface area contributed by atoms with Crippen LogP contribution in [0, 0.1) is 0 Å². The van der Waals surface area contributed by atoms with E-state index < -0.39 is 36.0 Å². The summed E-state index contributed by atoms with van der Waals surface area (Å²) in [5.74, 6) is -5.11. The van der Waals surface area contributed by atoms with Crippen LogP contribution in [0.5, 0.6) is 0 Å². The Morgan fingerprint density at radius 3 is 2.47 bits per heavy atom. The van der Waals surface area contributed by atoms with Crippen molar-refractivity contribution in [3.63, 3.8) is 0 Å². The minimum Gasteiger partial charge on any atom is -0.465 e. The van der Waals surface area contributed by atoms with Crippen LogP contribution in [0.4, 0.5) is 26.7 Å². The summed E-state index contributed by atoms with van der Waals surface area (Å²) in [6, 6.07) is 0. The first kappa shape index (κ1) is 13.6. The summed E-state index contributed by atoms with van der Waals surface area (Å²) >= 11 is 0. The van der Waals surface area contributed by atoms with Crippen molar-refractivity contribution < 1.29 is 31.9 Å². The SMILES string of the molecule is O=C(O)N1CCc2[nH]nc(C(F)(F)C(F)(F)F)c2C1. The molecule has 2 N–H and O–H groups in total. The number of hydrogen-bond acceptors (Lipinski definition) is 2. The molecule has 0 aliphatic carbocycles. The van der Waals surface area contributed by atoms with Crippen LogP contribution in [0.2, 0.25) is 0 Å². The Morgan fingerprint density at radius 2 is 1.95 bits per heavy atom. The maximum absolute atomic E-state index is 13.2. The zero-order chi connectivity index (χ0) is 14.4. The molecule has 1 amide bonds. The number of amides is 1. The van der Waals surface area contributed by atoms with Gasteiger partial charge in [-0.05, 0) is 0 Å². The van der Waals surface area contributed by atoms with E-state index in [4.69, 9.17) is 5.11 Å². The fraction of sp³-hybridized carbons (Fsp3) is 0.556. The van der Waals surface area contributed by atoms with Crippen LogP contribution < -0.4 is 0 Å². The first-order chi connectivity index (χ1) is 8.64. The maximum Gasteiger partial charge on any atom is 0.459 e. The second-order valence-corrected chi connectivity index (χ2v) is 4.06. The number of H-pyrrole nitrogens is 1. The van der Waals surface area contributed by atoms with E-state index in [0.717, 1.165) is 4.90 Å². The largest absolute Gasteiger partial charge is 0.465 e. The molecule has 0 saturated carbocycles. The minimum absolute atomic E-state index is 0.0154. The number of nitrogens with zero attached hydrogens (tertiary/aromatic N) is 2. The smallest absolute Gasteiger partial charge is 0.459 e. The Bertz CT molecular complexity index is 510. The lowest BCUT2D eigenvalue weighted by Gasteiger charge is -2.26. The Balaban J connectivity index is 2.41. The average Bonchev–Trinajstić information content (AvgIpc) is 2.70. The first-order valence-electron chi connectivity index (χ1n) is 5.13. The summed E-state index contributed by atoms with van der Waals surface area (Å²) in [6.45, 7) is -0.524. The molecule has 1 aliphatic heterocycles. The lowest BCUT2D eigenvalue weighted by molar-refractivity contribution is -0.291. The molecule has 1 aromatic rings. The molecule has 1 aromatic heterocycles. The second-order valence-electron chi connectivity index (χ2n) is 4.06. The number of fused-ring (bicyclic) bond motifs is 1. The molecule has 0 fully saturated rings. The third-order valence-corrected chi connectivity index (χ3v) is 2.86. The Morgan fingerprint density at radius 1 is 1.32 bits per heavy atom. The fourth-order valence-corrected chi connectivity index (χ4v) is 1.85. The number of carboxylic acid groups (broad SMARTS) is 1. The van der Waals surface area contributed by atoms with Crippen LogP contribution in [0.15, 0.2) is 0 Å². The van der Waals surface area contributed by atoms with Crippen molar-refractivity contribution >= 4 is 6.09 Å². The van der Waals surface area contributed by atoms with Crippen molar-refractivity contribution in [2.75, 3.05) is 6.54 Å². The van der Waals surface area contributed by atoms with Crippen LogP contribution in [-0.4, -0.2) is 39.0 Å². The molecule has 19 heavy (non-hydrogen) atoms. The Kier molecular flexibility index (Phi) is 2.90. The van der Waals surface area contributed by atoms with Crippen LogP contribution in [0.1, 0.15) is 17.0 Å². The van der Waals surface area contributed by atoms with Gasteiger partial charge >= 0.3 is 18.2 Å². The van der Waals surface area contributed by atoms with Gasteiger partial charge in [0.25, 0.3) is 0 Å². The van der Waals surface area contributed by atoms with E-state index in [1.807, 2.05) is 0 Å². The van der Waals surface area contributed by atoms with Crippen LogP contribution in [0.25, 0.3) is 0 Å². The molecule has 1 aliphatic rings. The van der Waals surface area contributed by atoms with Crippen LogP contribution in [-0.2, 0) is 18.9 Å². The Labute approximate surface area is 103 Å².